The fraction of sp³-hybridized carbons (Fsp3) is 0.361. The first-order valence-electron chi connectivity index (χ1n) is 18.1. The minimum absolute atomic E-state index is 0.00698. The van der Waals surface area contributed by atoms with Crippen LogP contribution >= 0.6 is 0 Å². The molecule has 0 saturated carbocycles. The molecule has 6 N–H and O–H groups in total. The number of aryl methyl sites for hydroxylation is 2. The number of hydrogen-bond donors (Lipinski definition) is 4. The second-order valence-corrected chi connectivity index (χ2v) is 13.0. The molecule has 1 fully saturated rings. The van der Waals surface area contributed by atoms with E-state index < -0.39 is 0 Å². The Balaban J connectivity index is 0.805. The number of oxazole rings is 1. The second kappa shape index (κ2) is 17.1. The molecule has 0 spiro atoms. The molecule has 7 rings (SSSR count). The lowest BCUT2D eigenvalue weighted by molar-refractivity contribution is -0.132. The van der Waals surface area contributed by atoms with Crippen LogP contribution in [0.5, 0.6) is 0 Å². The molecule has 0 atom stereocenters. The van der Waals surface area contributed by atoms with E-state index in [1.54, 1.807) is 22.6 Å². The number of unbranched alkanes of at least 4 members (excludes halogenated alkanes) is 1. The monoisotopic (exact) mass is 763 g/mol. The molecule has 0 radical (unpaired) electrons. The van der Waals surface area contributed by atoms with Crippen molar-refractivity contribution < 1.29 is 23.5 Å². The van der Waals surface area contributed by atoms with Crippen LogP contribution in [0.15, 0.2) is 53.7 Å². The van der Waals surface area contributed by atoms with Gasteiger partial charge in [0.05, 0.1) is 36.1 Å². The number of fused-ring (bicyclic) bond motifs is 2. The maximum Gasteiger partial charge on any atom is 0.292 e. The van der Waals surface area contributed by atoms with Crippen LogP contribution in [0.3, 0.4) is 0 Å². The zero-order chi connectivity index (χ0) is 39.0. The van der Waals surface area contributed by atoms with Crippen LogP contribution < -0.4 is 27.0 Å². The molecule has 0 aliphatic carbocycles. The number of amides is 3. The van der Waals surface area contributed by atoms with Crippen molar-refractivity contribution in [1.82, 2.24) is 60.2 Å². The van der Waals surface area contributed by atoms with Gasteiger partial charge in [0.15, 0.2) is 11.2 Å². The van der Waals surface area contributed by atoms with Crippen LogP contribution in [0.1, 0.15) is 45.8 Å². The number of piperazine rings is 1. The lowest BCUT2D eigenvalue weighted by atomic mass is 10.1. The van der Waals surface area contributed by atoms with Crippen LogP contribution in [0.2, 0.25) is 0 Å². The maximum atomic E-state index is 12.8. The number of carbonyl (C=O) groups is 3. The van der Waals surface area contributed by atoms with E-state index in [0.29, 0.717) is 115 Å². The lowest BCUT2D eigenvalue weighted by Crippen LogP contribution is -2.49. The molecule has 5 aromatic heterocycles. The molecule has 6 aromatic rings. The molecule has 20 heteroatoms. The van der Waals surface area contributed by atoms with E-state index in [4.69, 9.17) is 25.7 Å². The highest BCUT2D eigenvalue weighted by Crippen LogP contribution is 2.32. The number of carbonyl (C=O) groups excluding carboxylic acids is 3. The molecule has 1 saturated heterocycles. The predicted molar refractivity (Wildman–Crippen MR) is 204 cm³/mol. The summed E-state index contributed by atoms with van der Waals surface area (Å²) in [7, 11) is 0. The van der Waals surface area contributed by atoms with E-state index in [1.165, 1.54) is 31.1 Å². The zero-order valence-electron chi connectivity index (χ0n) is 30.7. The first-order valence-corrected chi connectivity index (χ1v) is 18.1. The summed E-state index contributed by atoms with van der Waals surface area (Å²) >= 11 is 0. The number of nitrogens with two attached hydrogens (primary N) is 2. The topological polar surface area (TPSA) is 264 Å². The Labute approximate surface area is 320 Å². The standard InChI is InChI=1S/C36H41N15O5/c1-22-41-17-24(18-42-22)34(54)40-8-15-55-14-6-28(52)49-10-12-50(13-11-49)36-43-19-25(20-44-36)33(53)39-7-2-3-9-51-32-29(31(37)45-21-46-32)30(48-51)23-4-5-27-26(16-23)47-35(38)56-27/h4-5,16-21H,2-3,6-15H2,1H3,(H2,38,47)(H,39,53)(H,40,54)(H2,37,45,46). The van der Waals surface area contributed by atoms with Gasteiger partial charge in [-0.2, -0.15) is 10.1 Å². The van der Waals surface area contributed by atoms with Gasteiger partial charge >= 0.3 is 0 Å². The van der Waals surface area contributed by atoms with Crippen LogP contribution in [-0.2, 0) is 16.1 Å². The van der Waals surface area contributed by atoms with Crippen molar-refractivity contribution in [2.45, 2.75) is 32.7 Å². The van der Waals surface area contributed by atoms with E-state index in [9.17, 15) is 14.4 Å². The van der Waals surface area contributed by atoms with Crippen LogP contribution in [-0.4, -0.2) is 120 Å². The Morgan fingerprint density at radius 1 is 0.857 bits per heavy atom. The summed E-state index contributed by atoms with van der Waals surface area (Å²) in [4.78, 5) is 71.1. The normalized spacial score (nSPS) is 13.0. The minimum atomic E-state index is -0.280. The highest BCUT2D eigenvalue weighted by atomic mass is 16.5. The summed E-state index contributed by atoms with van der Waals surface area (Å²) in [5.74, 6) is 0.850. The molecule has 1 aromatic carbocycles. The summed E-state index contributed by atoms with van der Waals surface area (Å²) in [6, 6.07) is 5.56. The molecular formula is C36H41N15O5. The maximum absolute atomic E-state index is 12.8. The molecule has 0 bridgehead atoms. The van der Waals surface area contributed by atoms with Crippen molar-refractivity contribution in [3.63, 3.8) is 0 Å². The number of rotatable bonds is 15. The van der Waals surface area contributed by atoms with Crippen LogP contribution in [0, 0.1) is 6.92 Å². The molecule has 1 aliphatic rings. The number of nitrogen functional groups attached to an aromatic ring is 2. The van der Waals surface area contributed by atoms with E-state index >= 15 is 0 Å². The van der Waals surface area contributed by atoms with Crippen LogP contribution in [0.4, 0.5) is 17.8 Å². The molecule has 56 heavy (non-hydrogen) atoms. The second-order valence-electron chi connectivity index (χ2n) is 13.0. The summed E-state index contributed by atoms with van der Waals surface area (Å²) < 4.78 is 12.7. The van der Waals surface area contributed by atoms with Gasteiger partial charge in [-0.25, -0.2) is 34.6 Å². The average Bonchev–Trinajstić information content (AvgIpc) is 3.79. The first-order chi connectivity index (χ1) is 27.2. The number of aromatic nitrogens is 9. The molecule has 1 aliphatic heterocycles. The SMILES string of the molecule is Cc1ncc(C(=O)NCCOCCC(=O)N2CCN(c3ncc(C(=O)NCCCCn4nc(-c5ccc6oc(N)nc6c5)c5c(N)ncnc54)cn3)CC2)cn1. The Morgan fingerprint density at radius 3 is 2.32 bits per heavy atom. The third-order valence-electron chi connectivity index (χ3n) is 9.17. The van der Waals surface area contributed by atoms with Crippen molar-refractivity contribution in [3.05, 3.63) is 66.3 Å². The molecule has 3 amide bonds. The Kier molecular flexibility index (Phi) is 11.4. The van der Waals surface area contributed by atoms with Crippen molar-refractivity contribution in [1.29, 1.82) is 0 Å². The van der Waals surface area contributed by atoms with Crippen molar-refractivity contribution in [2.75, 3.05) is 68.8 Å². The van der Waals surface area contributed by atoms with Crippen molar-refractivity contribution in [3.8, 4) is 11.3 Å². The van der Waals surface area contributed by atoms with Gasteiger partial charge in [-0.05, 0) is 38.0 Å². The largest absolute Gasteiger partial charge is 0.424 e. The third-order valence-corrected chi connectivity index (χ3v) is 9.17. The zero-order valence-corrected chi connectivity index (χ0v) is 30.7. The fourth-order valence-corrected chi connectivity index (χ4v) is 6.20. The van der Waals surface area contributed by atoms with E-state index in [2.05, 4.69) is 45.5 Å². The Bertz CT molecular complexity index is 2320. The number of anilines is 3. The summed E-state index contributed by atoms with van der Waals surface area (Å²) in [6.07, 6.45) is 9.01. The predicted octanol–water partition coefficient (Wildman–Crippen LogP) is 1.38. The third kappa shape index (κ3) is 8.75. The number of nitrogens with one attached hydrogen (secondary N) is 2. The highest BCUT2D eigenvalue weighted by molar-refractivity contribution is 5.99. The smallest absolute Gasteiger partial charge is 0.292 e. The van der Waals surface area contributed by atoms with Gasteiger partial charge < -0.3 is 41.1 Å². The van der Waals surface area contributed by atoms with Gasteiger partial charge in [-0.15, -0.1) is 0 Å². The Morgan fingerprint density at radius 2 is 1.57 bits per heavy atom. The van der Waals surface area contributed by atoms with E-state index in [-0.39, 0.29) is 43.4 Å². The molecule has 290 valence electrons. The summed E-state index contributed by atoms with van der Waals surface area (Å²) in [5.41, 5.74) is 15.9. The highest BCUT2D eigenvalue weighted by Gasteiger charge is 2.23. The average molecular weight is 764 g/mol. The number of benzene rings is 1. The van der Waals surface area contributed by atoms with Gasteiger partial charge in [0.25, 0.3) is 17.8 Å². The summed E-state index contributed by atoms with van der Waals surface area (Å²) in [6.45, 7) is 5.72. The quantitative estimate of drug-likeness (QED) is 0.108. The first kappa shape index (κ1) is 37.5. The summed E-state index contributed by atoms with van der Waals surface area (Å²) in [5, 5.41) is 11.1. The van der Waals surface area contributed by atoms with E-state index in [0.717, 1.165) is 5.56 Å². The lowest BCUT2D eigenvalue weighted by Gasteiger charge is -2.34. The van der Waals surface area contributed by atoms with E-state index in [1.807, 2.05) is 17.0 Å². The van der Waals surface area contributed by atoms with Gasteiger partial charge in [-0.1, -0.05) is 0 Å². The number of ether oxygens (including phenoxy) is 1. The van der Waals surface area contributed by atoms with Crippen molar-refractivity contribution >= 4 is 57.6 Å². The van der Waals surface area contributed by atoms with Crippen LogP contribution in [0.25, 0.3) is 33.4 Å². The van der Waals surface area contributed by atoms with Gasteiger partial charge in [-0.3, -0.25) is 14.4 Å². The van der Waals surface area contributed by atoms with Gasteiger partial charge in [0.1, 0.15) is 29.2 Å². The Hall–Kier alpha value is -6.83. The van der Waals surface area contributed by atoms with Gasteiger partial charge in [0, 0.05) is 76.2 Å². The molecule has 20 nitrogen and oxygen atoms in total. The van der Waals surface area contributed by atoms with Crippen molar-refractivity contribution in [2.24, 2.45) is 0 Å². The molecule has 6 heterocycles. The number of hydrogen-bond acceptors (Lipinski definition) is 16. The van der Waals surface area contributed by atoms with Gasteiger partial charge in [0.2, 0.25) is 11.9 Å². The fourth-order valence-electron chi connectivity index (χ4n) is 6.20. The molecular weight excluding hydrogens is 722 g/mol. The molecule has 0 unspecified atom stereocenters. The number of nitrogens with zero attached hydrogens (tertiary/aromatic N) is 11. The minimum Gasteiger partial charge on any atom is -0.424 e.